The second kappa shape index (κ2) is 9.48. The smallest absolute Gasteiger partial charge is 0.344 e. The predicted octanol–water partition coefficient (Wildman–Crippen LogP) is 4.49. The summed E-state index contributed by atoms with van der Waals surface area (Å²) in [5, 5.41) is 3.19. The van der Waals surface area contributed by atoms with Gasteiger partial charge in [-0.05, 0) is 51.0 Å². The molecule has 0 heterocycles. The number of esters is 2. The Labute approximate surface area is 175 Å². The molecular weight excluding hydrogens is 384 g/mol. The number of fused-ring (bicyclic) bond motifs is 2. The summed E-state index contributed by atoms with van der Waals surface area (Å²) in [5.41, 5.74) is 2.16. The van der Waals surface area contributed by atoms with Gasteiger partial charge < -0.3 is 18.9 Å². The third-order valence-corrected chi connectivity index (χ3v) is 4.82. The maximum atomic E-state index is 11.9. The van der Waals surface area contributed by atoms with Gasteiger partial charge in [-0.25, -0.2) is 9.59 Å². The minimum atomic E-state index is -0.429. The third-order valence-electron chi connectivity index (χ3n) is 4.82. The molecule has 0 amide bonds. The summed E-state index contributed by atoms with van der Waals surface area (Å²) in [6.07, 6.45) is 0. The Bertz CT molecular complexity index is 1000. The van der Waals surface area contributed by atoms with Gasteiger partial charge in [0.15, 0.2) is 13.2 Å². The molecule has 6 heteroatoms. The van der Waals surface area contributed by atoms with Crippen molar-refractivity contribution in [2.24, 2.45) is 0 Å². The van der Waals surface area contributed by atoms with E-state index >= 15 is 0 Å². The fourth-order valence-corrected chi connectivity index (χ4v) is 3.34. The maximum absolute atomic E-state index is 11.9. The van der Waals surface area contributed by atoms with E-state index in [0.29, 0.717) is 24.7 Å². The van der Waals surface area contributed by atoms with Crippen molar-refractivity contribution in [2.45, 2.75) is 27.7 Å². The van der Waals surface area contributed by atoms with Crippen LogP contribution in [0.1, 0.15) is 25.0 Å². The van der Waals surface area contributed by atoms with Crippen molar-refractivity contribution in [3.05, 3.63) is 47.5 Å². The van der Waals surface area contributed by atoms with E-state index in [9.17, 15) is 9.59 Å². The molecule has 0 saturated carbocycles. The van der Waals surface area contributed by atoms with Crippen molar-refractivity contribution in [1.29, 1.82) is 0 Å². The number of aryl methyl sites for hydroxylation is 2. The van der Waals surface area contributed by atoms with Gasteiger partial charge in [0.2, 0.25) is 0 Å². The Balaban J connectivity index is 2.17. The normalized spacial score (nSPS) is 10.8. The van der Waals surface area contributed by atoms with Crippen LogP contribution in [0, 0.1) is 13.8 Å². The van der Waals surface area contributed by atoms with E-state index < -0.39 is 11.9 Å². The Morgan fingerprint density at radius 3 is 1.47 bits per heavy atom. The Morgan fingerprint density at radius 1 is 0.700 bits per heavy atom. The SMILES string of the molecule is CCOC(=O)COc1c2ccccc2c(OCC(=O)OCC)c2cc(C)c(C)cc12. The molecule has 0 radical (unpaired) electrons. The summed E-state index contributed by atoms with van der Waals surface area (Å²) in [6.45, 7) is 7.74. The molecule has 0 saturated heterocycles. The number of ether oxygens (including phenoxy) is 4. The van der Waals surface area contributed by atoms with Crippen LogP contribution in [-0.2, 0) is 19.1 Å². The Hall–Kier alpha value is -3.28. The standard InChI is InChI=1S/C24H26O6/c1-5-27-21(25)13-29-23-17-9-7-8-10-18(17)24(30-14-22(26)28-6-2)20-12-16(4)15(3)11-19(20)23/h7-12H,5-6,13-14H2,1-4H3. The number of carbonyl (C=O) groups is 2. The van der Waals surface area contributed by atoms with Crippen molar-refractivity contribution < 1.29 is 28.5 Å². The molecule has 30 heavy (non-hydrogen) atoms. The predicted molar refractivity (Wildman–Crippen MR) is 115 cm³/mol. The van der Waals surface area contributed by atoms with Crippen LogP contribution in [0.3, 0.4) is 0 Å². The molecule has 0 bridgehead atoms. The quantitative estimate of drug-likeness (QED) is 0.402. The fourth-order valence-electron chi connectivity index (χ4n) is 3.34. The molecule has 0 aliphatic rings. The lowest BCUT2D eigenvalue weighted by Gasteiger charge is -2.18. The molecular formula is C24H26O6. The molecule has 0 aliphatic carbocycles. The topological polar surface area (TPSA) is 71.1 Å². The highest BCUT2D eigenvalue weighted by Gasteiger charge is 2.19. The first kappa shape index (κ1) is 21.4. The van der Waals surface area contributed by atoms with Crippen molar-refractivity contribution in [3.63, 3.8) is 0 Å². The molecule has 0 N–H and O–H groups in total. The number of hydrogen-bond donors (Lipinski definition) is 0. The van der Waals surface area contributed by atoms with Crippen LogP contribution in [0.5, 0.6) is 11.5 Å². The molecule has 3 aromatic carbocycles. The van der Waals surface area contributed by atoms with Crippen molar-refractivity contribution in [2.75, 3.05) is 26.4 Å². The van der Waals surface area contributed by atoms with Gasteiger partial charge in [-0.3, -0.25) is 0 Å². The summed E-state index contributed by atoms with van der Waals surface area (Å²) in [4.78, 5) is 23.8. The largest absolute Gasteiger partial charge is 0.481 e. The average molecular weight is 410 g/mol. The van der Waals surface area contributed by atoms with E-state index in [1.807, 2.05) is 50.2 Å². The molecule has 0 unspecified atom stereocenters. The summed E-state index contributed by atoms with van der Waals surface area (Å²) >= 11 is 0. The van der Waals surface area contributed by atoms with E-state index in [1.54, 1.807) is 13.8 Å². The second-order valence-corrected chi connectivity index (χ2v) is 6.87. The lowest BCUT2D eigenvalue weighted by molar-refractivity contribution is -0.146. The zero-order valence-corrected chi connectivity index (χ0v) is 17.7. The van der Waals surface area contributed by atoms with Gasteiger partial charge in [-0.15, -0.1) is 0 Å². The van der Waals surface area contributed by atoms with Crippen molar-refractivity contribution >= 4 is 33.5 Å². The number of rotatable bonds is 8. The Kier molecular flexibility index (Phi) is 6.77. The Morgan fingerprint density at radius 2 is 1.10 bits per heavy atom. The van der Waals surface area contributed by atoms with Crippen LogP contribution in [0.25, 0.3) is 21.5 Å². The first-order valence-corrected chi connectivity index (χ1v) is 9.98. The van der Waals surface area contributed by atoms with Crippen molar-refractivity contribution in [1.82, 2.24) is 0 Å². The molecule has 6 nitrogen and oxygen atoms in total. The highest BCUT2D eigenvalue weighted by Crippen LogP contribution is 2.43. The van der Waals surface area contributed by atoms with Crippen LogP contribution >= 0.6 is 0 Å². The van der Waals surface area contributed by atoms with E-state index in [0.717, 1.165) is 32.7 Å². The van der Waals surface area contributed by atoms with Crippen LogP contribution in [0.15, 0.2) is 36.4 Å². The first-order chi connectivity index (χ1) is 14.5. The lowest BCUT2D eigenvalue weighted by atomic mass is 9.96. The maximum Gasteiger partial charge on any atom is 0.344 e. The average Bonchev–Trinajstić information content (AvgIpc) is 2.72. The molecule has 0 atom stereocenters. The molecule has 3 rings (SSSR count). The highest BCUT2D eigenvalue weighted by atomic mass is 16.6. The van der Waals surface area contributed by atoms with Gasteiger partial charge in [0, 0.05) is 21.5 Å². The van der Waals surface area contributed by atoms with E-state index in [2.05, 4.69) is 0 Å². The zero-order valence-electron chi connectivity index (χ0n) is 17.7. The molecule has 0 fully saturated rings. The minimum Gasteiger partial charge on any atom is -0.481 e. The number of carbonyl (C=O) groups excluding carboxylic acids is 2. The molecule has 0 aromatic heterocycles. The zero-order chi connectivity index (χ0) is 21.7. The fraction of sp³-hybridized carbons (Fsp3) is 0.333. The summed E-state index contributed by atoms with van der Waals surface area (Å²) < 4.78 is 21.9. The van der Waals surface area contributed by atoms with Gasteiger partial charge >= 0.3 is 11.9 Å². The number of benzene rings is 3. The van der Waals surface area contributed by atoms with Gasteiger partial charge in [0.25, 0.3) is 0 Å². The molecule has 0 spiro atoms. The lowest BCUT2D eigenvalue weighted by Crippen LogP contribution is -2.16. The van der Waals surface area contributed by atoms with Gasteiger partial charge in [0.05, 0.1) is 13.2 Å². The molecule has 158 valence electrons. The second-order valence-electron chi connectivity index (χ2n) is 6.87. The van der Waals surface area contributed by atoms with Gasteiger partial charge in [-0.2, -0.15) is 0 Å². The molecule has 0 aliphatic heterocycles. The van der Waals surface area contributed by atoms with Gasteiger partial charge in [0.1, 0.15) is 11.5 Å². The van der Waals surface area contributed by atoms with Crippen molar-refractivity contribution in [3.8, 4) is 11.5 Å². The van der Waals surface area contributed by atoms with Crippen LogP contribution in [0.2, 0.25) is 0 Å². The minimum absolute atomic E-state index is 0.192. The van der Waals surface area contributed by atoms with E-state index in [4.69, 9.17) is 18.9 Å². The number of hydrogen-bond acceptors (Lipinski definition) is 6. The monoisotopic (exact) mass is 410 g/mol. The summed E-state index contributed by atoms with van der Waals surface area (Å²) in [6, 6.07) is 11.6. The van der Waals surface area contributed by atoms with E-state index in [1.165, 1.54) is 0 Å². The van der Waals surface area contributed by atoms with E-state index in [-0.39, 0.29) is 13.2 Å². The first-order valence-electron chi connectivity index (χ1n) is 9.98. The van der Waals surface area contributed by atoms with Gasteiger partial charge in [-0.1, -0.05) is 24.3 Å². The highest BCUT2D eigenvalue weighted by molar-refractivity contribution is 6.11. The van der Waals surface area contributed by atoms with Crippen LogP contribution < -0.4 is 9.47 Å². The summed E-state index contributed by atoms with van der Waals surface area (Å²) in [7, 11) is 0. The third kappa shape index (κ3) is 4.48. The van der Waals surface area contributed by atoms with Crippen LogP contribution in [-0.4, -0.2) is 38.4 Å². The molecule has 3 aromatic rings. The van der Waals surface area contributed by atoms with Crippen LogP contribution in [0.4, 0.5) is 0 Å². The summed E-state index contributed by atoms with van der Waals surface area (Å²) in [5.74, 6) is 0.308.